The van der Waals surface area contributed by atoms with Crippen molar-refractivity contribution in [3.63, 3.8) is 0 Å². The normalized spacial score (nSPS) is 16.9. The van der Waals surface area contributed by atoms with Gasteiger partial charge in [0.15, 0.2) is 0 Å². The number of rotatable bonds is 6. The molecular weight excluding hydrogens is 413 g/mol. The van der Waals surface area contributed by atoms with Gasteiger partial charge < -0.3 is 14.8 Å². The molecule has 0 radical (unpaired) electrons. The van der Waals surface area contributed by atoms with Crippen LogP contribution in [0.25, 0.3) is 0 Å². The molecule has 3 rings (SSSR count). The van der Waals surface area contributed by atoms with Gasteiger partial charge >= 0.3 is 6.18 Å². The topological polar surface area (TPSA) is 46.0 Å². The number of piperidine rings is 1. The molecule has 0 bridgehead atoms. The van der Waals surface area contributed by atoms with Gasteiger partial charge in [0, 0.05) is 56.7 Å². The largest absolute Gasteiger partial charge is 0.405 e. The number of aryl methyl sites for hydroxylation is 2. The first-order valence-corrected chi connectivity index (χ1v) is 10.1. The summed E-state index contributed by atoms with van der Waals surface area (Å²) in [7, 11) is 1.87. The highest BCUT2D eigenvalue weighted by molar-refractivity contribution is 7.98. The van der Waals surface area contributed by atoms with Crippen molar-refractivity contribution in [3.05, 3.63) is 29.8 Å². The van der Waals surface area contributed by atoms with E-state index in [2.05, 4.69) is 15.3 Å². The quantitative estimate of drug-likeness (QED) is 0.530. The lowest BCUT2D eigenvalue weighted by atomic mass is 10.1. The fourth-order valence-corrected chi connectivity index (χ4v) is 3.82. The van der Waals surface area contributed by atoms with E-state index in [1.807, 2.05) is 24.7 Å². The van der Waals surface area contributed by atoms with Crippen LogP contribution >= 0.6 is 11.8 Å². The summed E-state index contributed by atoms with van der Waals surface area (Å²) >= 11 is 1.41. The predicted octanol–water partition coefficient (Wildman–Crippen LogP) is 4.63. The highest BCUT2D eigenvalue weighted by atomic mass is 32.2. The van der Waals surface area contributed by atoms with Crippen molar-refractivity contribution < 1.29 is 22.0 Å². The first-order valence-electron chi connectivity index (χ1n) is 9.08. The number of thioether (sulfide) groups is 1. The second-order valence-electron chi connectivity index (χ2n) is 7.04. The van der Waals surface area contributed by atoms with Gasteiger partial charge in [-0.3, -0.25) is 0 Å². The highest BCUT2D eigenvalue weighted by Crippen LogP contribution is 2.32. The molecule has 1 saturated heterocycles. The Morgan fingerprint density at radius 2 is 1.86 bits per heavy atom. The zero-order chi connectivity index (χ0) is 21.2. The Labute approximate surface area is 169 Å². The molecule has 1 N–H and O–H groups in total. The summed E-state index contributed by atoms with van der Waals surface area (Å²) in [6.07, 6.45) is -3.08. The van der Waals surface area contributed by atoms with Crippen LogP contribution in [-0.2, 0) is 12.8 Å². The molecule has 2 aromatic rings. The van der Waals surface area contributed by atoms with Crippen molar-refractivity contribution in [1.82, 2.24) is 14.5 Å². The minimum absolute atomic E-state index is 0.0740. The molecule has 11 heteroatoms. The second kappa shape index (κ2) is 8.37. The first-order chi connectivity index (χ1) is 13.5. The molecule has 0 aromatic carbocycles. The van der Waals surface area contributed by atoms with Gasteiger partial charge in [-0.15, -0.1) is 0 Å². The summed E-state index contributed by atoms with van der Waals surface area (Å²) in [5.41, 5.74) is 1.14. The molecule has 160 valence electrons. The molecule has 0 spiro atoms. The van der Waals surface area contributed by atoms with Crippen LogP contribution in [0.4, 0.5) is 33.5 Å². The molecule has 1 fully saturated rings. The Bertz CT molecular complexity index is 822. The average molecular weight is 435 g/mol. The van der Waals surface area contributed by atoms with E-state index in [0.29, 0.717) is 17.1 Å². The third-order valence-electron chi connectivity index (χ3n) is 4.65. The minimum Gasteiger partial charge on any atom is -0.371 e. The third kappa shape index (κ3) is 6.22. The van der Waals surface area contributed by atoms with Crippen molar-refractivity contribution >= 4 is 23.3 Å². The Hall–Kier alpha value is -2.04. The zero-order valence-corrected chi connectivity index (χ0v) is 16.9. The Morgan fingerprint density at radius 3 is 2.45 bits per heavy atom. The Kier molecular flexibility index (Phi) is 6.25. The van der Waals surface area contributed by atoms with E-state index >= 15 is 0 Å². The van der Waals surface area contributed by atoms with Gasteiger partial charge in [0.1, 0.15) is 23.2 Å². The van der Waals surface area contributed by atoms with E-state index < -0.39 is 18.6 Å². The Balaban J connectivity index is 1.78. The van der Waals surface area contributed by atoms with Crippen molar-refractivity contribution in [3.8, 4) is 0 Å². The number of nitrogens with zero attached hydrogens (tertiary/aromatic N) is 4. The van der Waals surface area contributed by atoms with Crippen LogP contribution in [0.3, 0.4) is 0 Å². The van der Waals surface area contributed by atoms with Crippen molar-refractivity contribution in [1.29, 1.82) is 0 Å². The fraction of sp³-hybridized carbons (Fsp3) is 0.556. The summed E-state index contributed by atoms with van der Waals surface area (Å²) < 4.78 is 66.6. The van der Waals surface area contributed by atoms with Crippen LogP contribution < -0.4 is 10.2 Å². The molecule has 1 aliphatic heterocycles. The van der Waals surface area contributed by atoms with Crippen LogP contribution in [0.5, 0.6) is 0 Å². The lowest BCUT2D eigenvalue weighted by Gasteiger charge is -2.33. The molecule has 0 amide bonds. The molecule has 3 heterocycles. The molecule has 1 aliphatic rings. The third-order valence-corrected chi connectivity index (χ3v) is 5.58. The number of aromatic nitrogens is 3. The van der Waals surface area contributed by atoms with Crippen LogP contribution in [0.1, 0.15) is 24.4 Å². The fourth-order valence-electron chi connectivity index (χ4n) is 2.95. The van der Waals surface area contributed by atoms with E-state index in [1.54, 1.807) is 11.0 Å². The predicted molar refractivity (Wildman–Crippen MR) is 103 cm³/mol. The minimum atomic E-state index is -4.38. The molecule has 29 heavy (non-hydrogen) atoms. The van der Waals surface area contributed by atoms with E-state index in [9.17, 15) is 22.0 Å². The lowest BCUT2D eigenvalue weighted by molar-refractivity contribution is -0.115. The molecular formula is C18H22F5N5S. The molecule has 0 aliphatic carbocycles. The van der Waals surface area contributed by atoms with Crippen molar-refractivity contribution in [2.24, 2.45) is 7.05 Å². The molecule has 5 nitrogen and oxygen atoms in total. The summed E-state index contributed by atoms with van der Waals surface area (Å²) in [5.74, 6) is -1.38. The van der Waals surface area contributed by atoms with Crippen molar-refractivity contribution in [2.75, 3.05) is 29.9 Å². The maximum atomic E-state index is 13.5. The van der Waals surface area contributed by atoms with Gasteiger partial charge in [0.05, 0.1) is 5.69 Å². The standard InChI is InChI=1S/C18H22F5N5S/c1-12-25-16(9-27(12)2)29-10-13-7-14(28-5-3-17(19,20)4-6-28)8-15(26-13)24-11-18(21,22)23/h7-9H,3-6,10-11H2,1-2H3,(H,24,26). The van der Waals surface area contributed by atoms with E-state index in [4.69, 9.17) is 0 Å². The van der Waals surface area contributed by atoms with Gasteiger partial charge in [-0.1, -0.05) is 11.8 Å². The van der Waals surface area contributed by atoms with Gasteiger partial charge in [0.2, 0.25) is 0 Å². The maximum Gasteiger partial charge on any atom is 0.405 e. The first kappa shape index (κ1) is 21.7. The zero-order valence-electron chi connectivity index (χ0n) is 16.1. The van der Waals surface area contributed by atoms with E-state index in [0.717, 1.165) is 10.9 Å². The maximum absolute atomic E-state index is 13.5. The van der Waals surface area contributed by atoms with Crippen LogP contribution in [-0.4, -0.2) is 46.3 Å². The number of pyridine rings is 1. The number of alkyl halides is 5. The molecule has 0 atom stereocenters. The number of halogens is 5. The monoisotopic (exact) mass is 435 g/mol. The summed E-state index contributed by atoms with van der Waals surface area (Å²) in [4.78, 5) is 10.4. The number of anilines is 2. The Morgan fingerprint density at radius 1 is 1.17 bits per heavy atom. The molecule has 0 saturated carbocycles. The lowest BCUT2D eigenvalue weighted by Crippen LogP contribution is -2.39. The number of imidazole rings is 1. The van der Waals surface area contributed by atoms with Crippen LogP contribution in [0.15, 0.2) is 23.4 Å². The molecule has 2 aromatic heterocycles. The van der Waals surface area contributed by atoms with E-state index in [1.165, 1.54) is 17.8 Å². The summed E-state index contributed by atoms with van der Waals surface area (Å²) in [6, 6.07) is 3.22. The SMILES string of the molecule is Cc1nc(SCc2cc(N3CCC(F)(F)CC3)cc(NCC(F)(F)F)n2)cn1C. The van der Waals surface area contributed by atoms with Gasteiger partial charge in [-0.2, -0.15) is 13.2 Å². The number of nitrogens with one attached hydrogen (secondary N) is 1. The van der Waals surface area contributed by atoms with Crippen molar-refractivity contribution in [2.45, 2.75) is 42.6 Å². The highest BCUT2D eigenvalue weighted by Gasteiger charge is 2.34. The van der Waals surface area contributed by atoms with Crippen LogP contribution in [0.2, 0.25) is 0 Å². The second-order valence-corrected chi connectivity index (χ2v) is 8.04. The van der Waals surface area contributed by atoms with Gasteiger partial charge in [0.25, 0.3) is 5.92 Å². The summed E-state index contributed by atoms with van der Waals surface area (Å²) in [5, 5.41) is 3.07. The number of hydrogen-bond acceptors (Lipinski definition) is 5. The van der Waals surface area contributed by atoms with Crippen LogP contribution in [0, 0.1) is 6.92 Å². The van der Waals surface area contributed by atoms with Gasteiger partial charge in [-0.05, 0) is 13.0 Å². The average Bonchev–Trinajstić information content (AvgIpc) is 2.95. The summed E-state index contributed by atoms with van der Waals surface area (Å²) in [6.45, 7) is 0.936. The molecule has 0 unspecified atom stereocenters. The smallest absolute Gasteiger partial charge is 0.371 e. The van der Waals surface area contributed by atoms with E-state index in [-0.39, 0.29) is 31.7 Å². The van der Waals surface area contributed by atoms with Gasteiger partial charge in [-0.25, -0.2) is 18.7 Å². The number of hydrogen-bond donors (Lipinski definition) is 1.